The summed E-state index contributed by atoms with van der Waals surface area (Å²) < 4.78 is 2.05. The summed E-state index contributed by atoms with van der Waals surface area (Å²) in [6, 6.07) is 0. The Labute approximate surface area is 67.5 Å². The summed E-state index contributed by atoms with van der Waals surface area (Å²) in [7, 11) is 0. The van der Waals surface area contributed by atoms with Crippen molar-refractivity contribution in [3.05, 3.63) is 0 Å². The lowest BCUT2D eigenvalue weighted by Gasteiger charge is -2.05. The topological polar surface area (TPSA) is 49.3 Å². The molecular weight excluding hydrogens is 140 g/mol. The van der Waals surface area contributed by atoms with Crippen molar-refractivity contribution in [1.29, 1.82) is 0 Å². The van der Waals surface area contributed by atoms with Crippen LogP contribution in [0.3, 0.4) is 0 Å². The van der Waals surface area contributed by atoms with Gasteiger partial charge in [-0.05, 0) is 18.8 Å². The van der Waals surface area contributed by atoms with Crippen molar-refractivity contribution in [2.45, 2.75) is 19.8 Å². The van der Waals surface area contributed by atoms with E-state index in [1.165, 1.54) is 12.8 Å². The molecule has 0 saturated heterocycles. The molecule has 3 N–H and O–H groups in total. The van der Waals surface area contributed by atoms with Gasteiger partial charge in [-0.1, -0.05) is 0 Å². The van der Waals surface area contributed by atoms with Crippen molar-refractivity contribution in [2.24, 2.45) is 11.7 Å². The molecular formula is C8H17N2O+. The van der Waals surface area contributed by atoms with E-state index in [4.69, 9.17) is 10.8 Å². The molecule has 0 bridgehead atoms. The molecule has 0 aromatic rings. The third kappa shape index (κ3) is 2.89. The fourth-order valence-electron chi connectivity index (χ4n) is 1.14. The minimum absolute atomic E-state index is 0.196. The van der Waals surface area contributed by atoms with E-state index < -0.39 is 0 Å². The first-order valence-electron chi connectivity index (χ1n) is 4.19. The van der Waals surface area contributed by atoms with Gasteiger partial charge < -0.3 is 5.11 Å². The largest absolute Gasteiger partial charge is 0.392 e. The quantitative estimate of drug-likeness (QED) is 0.337. The van der Waals surface area contributed by atoms with Crippen molar-refractivity contribution < 1.29 is 9.68 Å². The number of hydrogen-bond acceptors (Lipinski definition) is 1. The zero-order chi connectivity index (χ0) is 8.27. The zero-order valence-corrected chi connectivity index (χ0v) is 7.08. The summed E-state index contributed by atoms with van der Waals surface area (Å²) in [6.07, 6.45) is 2.66. The molecule has 1 aliphatic rings. The smallest absolute Gasteiger partial charge is 0.239 e. The molecule has 1 rings (SSSR count). The standard InChI is InChI=1S/C8H16N2O/c1-7(9)10(4-5-11)6-8-2-3-8/h8-9,11H,2-6H2,1H3/p+1. The van der Waals surface area contributed by atoms with Crippen LogP contribution in [0.2, 0.25) is 0 Å². The van der Waals surface area contributed by atoms with Crippen LogP contribution in [-0.2, 0) is 0 Å². The number of amidine groups is 1. The van der Waals surface area contributed by atoms with Crippen molar-refractivity contribution in [3.8, 4) is 0 Å². The molecule has 0 spiro atoms. The van der Waals surface area contributed by atoms with Crippen molar-refractivity contribution in [2.75, 3.05) is 19.7 Å². The first-order valence-corrected chi connectivity index (χ1v) is 4.19. The monoisotopic (exact) mass is 157 g/mol. The third-order valence-electron chi connectivity index (χ3n) is 2.04. The Kier molecular flexibility index (Phi) is 2.88. The van der Waals surface area contributed by atoms with Crippen LogP contribution in [0.25, 0.3) is 0 Å². The lowest BCUT2D eigenvalue weighted by atomic mass is 10.4. The van der Waals surface area contributed by atoms with E-state index in [0.29, 0.717) is 6.54 Å². The van der Waals surface area contributed by atoms with Gasteiger partial charge in [0, 0.05) is 6.92 Å². The van der Waals surface area contributed by atoms with Crippen LogP contribution in [0, 0.1) is 5.92 Å². The molecule has 0 aliphatic heterocycles. The fourth-order valence-corrected chi connectivity index (χ4v) is 1.14. The van der Waals surface area contributed by atoms with Crippen LogP contribution in [-0.4, -0.2) is 35.2 Å². The highest BCUT2D eigenvalue weighted by Gasteiger charge is 2.24. The van der Waals surface area contributed by atoms with Crippen molar-refractivity contribution in [3.63, 3.8) is 0 Å². The van der Waals surface area contributed by atoms with Gasteiger partial charge in [0.2, 0.25) is 5.84 Å². The predicted molar refractivity (Wildman–Crippen MR) is 44.7 cm³/mol. The second-order valence-corrected chi connectivity index (χ2v) is 3.25. The predicted octanol–water partition coefficient (Wildman–Crippen LogP) is -0.222. The Morgan fingerprint density at radius 3 is 2.64 bits per heavy atom. The van der Waals surface area contributed by atoms with E-state index in [9.17, 15) is 0 Å². The van der Waals surface area contributed by atoms with Gasteiger partial charge in [0.1, 0.15) is 6.54 Å². The maximum Gasteiger partial charge on any atom is 0.239 e. The molecule has 0 unspecified atom stereocenters. The summed E-state index contributed by atoms with van der Waals surface area (Å²) in [5, 5.41) is 8.71. The van der Waals surface area contributed by atoms with Crippen molar-refractivity contribution in [1.82, 2.24) is 0 Å². The molecule has 11 heavy (non-hydrogen) atoms. The van der Waals surface area contributed by atoms with Gasteiger partial charge >= 0.3 is 0 Å². The first kappa shape index (κ1) is 8.53. The summed E-state index contributed by atoms with van der Waals surface area (Å²) in [5.41, 5.74) is 5.63. The minimum atomic E-state index is 0.196. The third-order valence-corrected chi connectivity index (χ3v) is 2.04. The van der Waals surface area contributed by atoms with Crippen molar-refractivity contribution >= 4 is 5.84 Å². The van der Waals surface area contributed by atoms with Crippen LogP contribution >= 0.6 is 0 Å². The van der Waals surface area contributed by atoms with Gasteiger partial charge in [0.25, 0.3) is 0 Å². The van der Waals surface area contributed by atoms with Crippen LogP contribution in [0.4, 0.5) is 0 Å². The first-order chi connectivity index (χ1) is 5.24. The number of aliphatic hydroxyl groups excluding tert-OH is 1. The SMILES string of the molecule is CC(N)=[N+](CCO)CC1CC1. The lowest BCUT2D eigenvalue weighted by molar-refractivity contribution is -0.534. The normalized spacial score (nSPS) is 19.8. The van der Waals surface area contributed by atoms with Crippen LogP contribution < -0.4 is 5.73 Å². The highest BCUT2D eigenvalue weighted by molar-refractivity contribution is 5.72. The summed E-state index contributed by atoms with van der Waals surface area (Å²) in [4.78, 5) is 0. The number of hydrogen-bond donors (Lipinski definition) is 2. The van der Waals surface area contributed by atoms with E-state index in [1.807, 2.05) is 6.92 Å². The molecule has 1 fully saturated rings. The Balaban J connectivity index is 2.37. The minimum Gasteiger partial charge on any atom is -0.392 e. The second-order valence-electron chi connectivity index (χ2n) is 3.25. The Morgan fingerprint density at radius 1 is 1.64 bits per heavy atom. The Hall–Kier alpha value is -0.570. The van der Waals surface area contributed by atoms with E-state index in [-0.39, 0.29) is 6.61 Å². The summed E-state index contributed by atoms with van der Waals surface area (Å²) in [6.45, 7) is 3.79. The number of nitrogens with two attached hydrogens (primary N) is 1. The Morgan fingerprint density at radius 2 is 2.27 bits per heavy atom. The second kappa shape index (κ2) is 3.72. The van der Waals surface area contributed by atoms with Gasteiger partial charge in [-0.3, -0.25) is 10.3 Å². The highest BCUT2D eigenvalue weighted by atomic mass is 16.3. The number of rotatable bonds is 4. The molecule has 3 heteroatoms. The maximum atomic E-state index is 8.71. The molecule has 0 aromatic carbocycles. The average molecular weight is 157 g/mol. The molecule has 0 amide bonds. The highest BCUT2D eigenvalue weighted by Crippen LogP contribution is 2.28. The molecule has 0 heterocycles. The zero-order valence-electron chi connectivity index (χ0n) is 7.08. The van der Waals surface area contributed by atoms with Gasteiger partial charge in [-0.2, -0.15) is 0 Å². The van der Waals surface area contributed by atoms with Gasteiger partial charge in [-0.15, -0.1) is 0 Å². The molecule has 64 valence electrons. The van der Waals surface area contributed by atoms with Gasteiger partial charge in [0.15, 0.2) is 0 Å². The van der Waals surface area contributed by atoms with E-state index >= 15 is 0 Å². The van der Waals surface area contributed by atoms with Gasteiger partial charge in [0.05, 0.1) is 13.2 Å². The molecule has 1 aliphatic carbocycles. The average Bonchev–Trinajstić information content (AvgIpc) is 2.70. The lowest BCUT2D eigenvalue weighted by Crippen LogP contribution is -2.29. The molecule has 0 aromatic heterocycles. The van der Waals surface area contributed by atoms with E-state index in [0.717, 1.165) is 18.3 Å². The van der Waals surface area contributed by atoms with Crippen LogP contribution in [0.15, 0.2) is 0 Å². The van der Waals surface area contributed by atoms with Crippen LogP contribution in [0.1, 0.15) is 19.8 Å². The Bertz CT molecular complexity index is 157. The van der Waals surface area contributed by atoms with Crippen LogP contribution in [0.5, 0.6) is 0 Å². The molecule has 0 radical (unpaired) electrons. The molecule has 1 saturated carbocycles. The molecule has 3 nitrogen and oxygen atoms in total. The van der Waals surface area contributed by atoms with Gasteiger partial charge in [-0.25, -0.2) is 0 Å². The molecule has 0 atom stereocenters. The number of aliphatic hydroxyl groups is 1. The van der Waals surface area contributed by atoms with E-state index in [1.54, 1.807) is 0 Å². The van der Waals surface area contributed by atoms with E-state index in [2.05, 4.69) is 4.58 Å². The maximum absolute atomic E-state index is 8.71. The summed E-state index contributed by atoms with van der Waals surface area (Å²) in [5.74, 6) is 1.66. The number of nitrogens with zero attached hydrogens (tertiary/aromatic N) is 1. The fraction of sp³-hybridized carbons (Fsp3) is 0.875. The summed E-state index contributed by atoms with van der Waals surface area (Å²) >= 11 is 0.